The summed E-state index contributed by atoms with van der Waals surface area (Å²) in [6.45, 7) is 3.70. The van der Waals surface area contributed by atoms with Crippen LogP contribution in [-0.2, 0) is 19.5 Å². The molecule has 2 aliphatic heterocycles. The Morgan fingerprint density at radius 2 is 1.97 bits per heavy atom. The maximum absolute atomic E-state index is 10.9. The van der Waals surface area contributed by atoms with Crippen molar-refractivity contribution in [3.05, 3.63) is 59.8 Å². The summed E-state index contributed by atoms with van der Waals surface area (Å²) in [6.07, 6.45) is 6.68. The summed E-state index contributed by atoms with van der Waals surface area (Å²) in [6, 6.07) is 8.23. The largest absolute Gasteiger partial charge is 1.00 e. The van der Waals surface area contributed by atoms with Gasteiger partial charge in [0.25, 0.3) is 0 Å². The molecule has 6 rings (SSSR count). The number of hydrogen-bond acceptors (Lipinski definition) is 5. The van der Waals surface area contributed by atoms with Crippen molar-refractivity contribution in [1.29, 1.82) is 0 Å². The molecule has 0 radical (unpaired) electrons. The molecule has 32 heavy (non-hydrogen) atoms. The fraction of sp³-hybridized carbons (Fsp3) is 0.250. The molecule has 0 amide bonds. The highest BCUT2D eigenvalue weighted by molar-refractivity contribution is 5.94. The van der Waals surface area contributed by atoms with Gasteiger partial charge in [0, 0.05) is 36.8 Å². The Morgan fingerprint density at radius 1 is 1.16 bits per heavy atom. The molecular weight excluding hydrogens is 430 g/mol. The van der Waals surface area contributed by atoms with Crippen LogP contribution in [0, 0.1) is 6.92 Å². The molecule has 1 N–H and O–H groups in total. The van der Waals surface area contributed by atoms with Gasteiger partial charge >= 0.3 is 0 Å². The van der Waals surface area contributed by atoms with Gasteiger partial charge in [-0.05, 0) is 36.2 Å². The van der Waals surface area contributed by atoms with E-state index in [1.54, 1.807) is 13.3 Å². The van der Waals surface area contributed by atoms with Crippen molar-refractivity contribution in [2.75, 3.05) is 13.9 Å². The van der Waals surface area contributed by atoms with Crippen LogP contribution in [0.15, 0.2) is 42.9 Å². The van der Waals surface area contributed by atoms with E-state index in [2.05, 4.69) is 32.3 Å². The second-order valence-corrected chi connectivity index (χ2v) is 7.98. The molecule has 164 valence electrons. The number of fused-ring (bicyclic) bond motifs is 5. The van der Waals surface area contributed by atoms with Crippen molar-refractivity contribution < 1.29 is 36.3 Å². The number of imidazole rings is 1. The monoisotopic (exact) mass is 451 g/mol. The third-order valence-electron chi connectivity index (χ3n) is 6.29. The lowest BCUT2D eigenvalue weighted by molar-refractivity contribution is -0.686. The van der Waals surface area contributed by atoms with Gasteiger partial charge in [-0.25, -0.2) is 4.98 Å². The number of hydrogen-bond donors (Lipinski definition) is 1. The molecule has 4 heterocycles. The van der Waals surface area contributed by atoms with E-state index < -0.39 is 0 Å². The number of rotatable bonds is 3. The highest BCUT2D eigenvalue weighted by Gasteiger charge is 2.29. The maximum Gasteiger partial charge on any atom is 0.231 e. The van der Waals surface area contributed by atoms with E-state index in [-0.39, 0.29) is 24.9 Å². The number of halogens is 1. The molecule has 0 saturated carbocycles. The van der Waals surface area contributed by atoms with Gasteiger partial charge in [0.15, 0.2) is 35.7 Å². The van der Waals surface area contributed by atoms with E-state index in [9.17, 15) is 5.11 Å². The van der Waals surface area contributed by atoms with E-state index in [0.717, 1.165) is 57.9 Å². The molecule has 2 aromatic heterocycles. The normalized spacial score (nSPS) is 13.4. The number of aryl methyl sites for hydroxylation is 3. The van der Waals surface area contributed by atoms with Crippen LogP contribution >= 0.6 is 0 Å². The third-order valence-corrected chi connectivity index (χ3v) is 6.29. The van der Waals surface area contributed by atoms with Crippen molar-refractivity contribution in [2.45, 2.75) is 26.4 Å². The van der Waals surface area contributed by atoms with Crippen LogP contribution < -0.4 is 31.2 Å². The highest BCUT2D eigenvalue weighted by atomic mass is 35.5. The standard InChI is InChI=1S/C24H21N3O4.ClH/c1-14-25-4-6-26(14)11-16-8-23(29-2)24(28)19-12-27-5-3-15-7-21-22(31-13-30-21)10-18(15)20(27)9-17(16)19;/h4,6-10,12H,3,5,11,13H2,1-2H3;1H. The summed E-state index contributed by atoms with van der Waals surface area (Å²) in [4.78, 5) is 4.34. The minimum absolute atomic E-state index is 0. The Balaban J connectivity index is 0.00000216. The number of ether oxygens (including phenoxy) is 3. The van der Waals surface area contributed by atoms with E-state index in [1.807, 2.05) is 25.4 Å². The third kappa shape index (κ3) is 3.04. The summed E-state index contributed by atoms with van der Waals surface area (Å²) in [7, 11) is 1.58. The van der Waals surface area contributed by atoms with Crippen LogP contribution in [0.5, 0.6) is 23.0 Å². The van der Waals surface area contributed by atoms with Gasteiger partial charge in [0.2, 0.25) is 12.5 Å². The second kappa shape index (κ2) is 7.60. The molecule has 2 aliphatic rings. The van der Waals surface area contributed by atoms with Crippen molar-refractivity contribution in [1.82, 2.24) is 9.55 Å². The average molecular weight is 452 g/mol. The fourth-order valence-electron chi connectivity index (χ4n) is 4.61. The van der Waals surface area contributed by atoms with Gasteiger partial charge in [-0.1, -0.05) is 0 Å². The molecule has 4 aromatic rings. The lowest BCUT2D eigenvalue weighted by Crippen LogP contribution is -3.00. The Labute approximate surface area is 191 Å². The summed E-state index contributed by atoms with van der Waals surface area (Å²) < 4.78 is 21.0. The van der Waals surface area contributed by atoms with Gasteiger partial charge in [0.05, 0.1) is 18.1 Å². The van der Waals surface area contributed by atoms with Gasteiger partial charge in [-0.15, -0.1) is 0 Å². The first kappa shape index (κ1) is 20.5. The quantitative estimate of drug-likeness (QED) is 0.455. The first-order valence-electron chi connectivity index (χ1n) is 10.3. The molecule has 2 aromatic carbocycles. The Morgan fingerprint density at radius 3 is 2.72 bits per heavy atom. The molecule has 0 atom stereocenters. The average Bonchev–Trinajstić information content (AvgIpc) is 3.41. The lowest BCUT2D eigenvalue weighted by atomic mass is 9.94. The molecule has 0 fully saturated rings. The molecule has 0 spiro atoms. The van der Waals surface area contributed by atoms with E-state index >= 15 is 0 Å². The minimum atomic E-state index is 0. The predicted molar refractivity (Wildman–Crippen MR) is 114 cm³/mol. The predicted octanol–water partition coefficient (Wildman–Crippen LogP) is 0.351. The molecule has 0 saturated heterocycles. The summed E-state index contributed by atoms with van der Waals surface area (Å²) in [5, 5.41) is 12.7. The number of phenols is 1. The van der Waals surface area contributed by atoms with Crippen LogP contribution in [0.3, 0.4) is 0 Å². The number of methoxy groups -OCH3 is 1. The van der Waals surface area contributed by atoms with Crippen molar-refractivity contribution >= 4 is 10.8 Å². The zero-order valence-corrected chi connectivity index (χ0v) is 18.5. The zero-order chi connectivity index (χ0) is 21.1. The number of pyridine rings is 1. The van der Waals surface area contributed by atoms with Crippen molar-refractivity contribution in [3.63, 3.8) is 0 Å². The van der Waals surface area contributed by atoms with Crippen LogP contribution in [0.25, 0.3) is 22.0 Å². The highest BCUT2D eigenvalue weighted by Crippen LogP contribution is 2.42. The van der Waals surface area contributed by atoms with Crippen molar-refractivity contribution in [2.24, 2.45) is 0 Å². The van der Waals surface area contributed by atoms with Crippen LogP contribution in [0.4, 0.5) is 0 Å². The van der Waals surface area contributed by atoms with Crippen LogP contribution in [-0.4, -0.2) is 28.6 Å². The van der Waals surface area contributed by atoms with E-state index in [1.165, 1.54) is 5.56 Å². The maximum atomic E-state index is 10.9. The van der Waals surface area contributed by atoms with Crippen LogP contribution in [0.2, 0.25) is 0 Å². The van der Waals surface area contributed by atoms with Gasteiger partial charge in [-0.2, -0.15) is 4.57 Å². The lowest BCUT2D eigenvalue weighted by Gasteiger charge is -2.18. The Kier molecular flexibility index (Phi) is 4.86. The van der Waals surface area contributed by atoms with Crippen molar-refractivity contribution in [3.8, 4) is 34.3 Å². The smallest absolute Gasteiger partial charge is 0.231 e. The first-order chi connectivity index (χ1) is 15.1. The summed E-state index contributed by atoms with van der Waals surface area (Å²) in [5.74, 6) is 3.16. The molecule has 8 heteroatoms. The molecule has 0 bridgehead atoms. The number of nitrogens with zero attached hydrogens (tertiary/aromatic N) is 3. The number of benzene rings is 2. The van der Waals surface area contributed by atoms with Crippen LogP contribution in [0.1, 0.15) is 17.0 Å². The molecular formula is C24H22ClN3O4. The molecule has 0 aliphatic carbocycles. The Hall–Kier alpha value is -3.45. The topological polar surface area (TPSA) is 69.6 Å². The SMILES string of the molecule is COc1cc(Cn2ccnc2C)c2cc3[n+](cc2c1O)CCc1cc2c(cc1-3)OCO2.[Cl-]. The Bertz CT molecular complexity index is 1370. The fourth-order valence-corrected chi connectivity index (χ4v) is 4.61. The summed E-state index contributed by atoms with van der Waals surface area (Å²) in [5.41, 5.74) is 4.54. The zero-order valence-electron chi connectivity index (χ0n) is 17.8. The number of aromatic hydroxyl groups is 1. The number of phenolic OH excluding ortho intramolecular Hbond substituents is 1. The minimum Gasteiger partial charge on any atom is -1.00 e. The van der Waals surface area contributed by atoms with Gasteiger partial charge in [0.1, 0.15) is 5.82 Å². The van der Waals surface area contributed by atoms with Gasteiger partial charge < -0.3 is 36.3 Å². The van der Waals surface area contributed by atoms with Gasteiger partial charge in [-0.3, -0.25) is 0 Å². The van der Waals surface area contributed by atoms with E-state index in [4.69, 9.17) is 14.2 Å². The molecule has 0 unspecified atom stereocenters. The summed E-state index contributed by atoms with van der Waals surface area (Å²) >= 11 is 0. The first-order valence-corrected chi connectivity index (χ1v) is 10.3. The second-order valence-electron chi connectivity index (χ2n) is 7.98. The number of aromatic nitrogens is 3. The van der Waals surface area contributed by atoms with E-state index in [0.29, 0.717) is 12.3 Å². The molecule has 7 nitrogen and oxygen atoms in total.